The van der Waals surface area contributed by atoms with E-state index in [1.165, 1.54) is 42.4 Å². The number of nitrogens with zero attached hydrogens (tertiary/aromatic N) is 3. The van der Waals surface area contributed by atoms with Gasteiger partial charge in [-0.1, -0.05) is 12.1 Å². The molecular weight excluding hydrogens is 460 g/mol. The number of carbonyl (C=O) groups excluding carboxylic acids is 3. The third-order valence-corrected chi connectivity index (χ3v) is 7.67. The van der Waals surface area contributed by atoms with Crippen LogP contribution in [0, 0.1) is 5.92 Å². The summed E-state index contributed by atoms with van der Waals surface area (Å²) in [4.78, 5) is 36.6. The molecule has 1 atom stereocenters. The predicted molar refractivity (Wildman–Crippen MR) is 125 cm³/mol. The van der Waals surface area contributed by atoms with Gasteiger partial charge >= 0.3 is 5.97 Å². The number of ketones is 1. The van der Waals surface area contributed by atoms with E-state index >= 15 is 0 Å². The Morgan fingerprint density at radius 3 is 2.24 bits per heavy atom. The highest BCUT2D eigenvalue weighted by Gasteiger charge is 2.34. The fourth-order valence-electron chi connectivity index (χ4n) is 3.72. The first-order chi connectivity index (χ1) is 16.0. The molecule has 1 aromatic carbocycles. The molecule has 2 aromatic rings. The molecule has 1 aliphatic rings. The summed E-state index contributed by atoms with van der Waals surface area (Å²) in [5.41, 5.74) is 0.437. The number of Topliss-reactive ketones (excluding diaryl/α,β-unsaturated/α-hetero) is 1. The summed E-state index contributed by atoms with van der Waals surface area (Å²) in [6.07, 6.45) is 1.15. The molecule has 3 rings (SSSR count). The van der Waals surface area contributed by atoms with Gasteiger partial charge in [0.05, 0.1) is 17.0 Å². The summed E-state index contributed by atoms with van der Waals surface area (Å²) in [6.45, 7) is 7.08. The van der Waals surface area contributed by atoms with Gasteiger partial charge in [-0.3, -0.25) is 14.4 Å². The van der Waals surface area contributed by atoms with Gasteiger partial charge in [0.2, 0.25) is 10.0 Å². The number of esters is 1. The second kappa shape index (κ2) is 10.5. The van der Waals surface area contributed by atoms with E-state index in [0.717, 1.165) is 0 Å². The Kier molecular flexibility index (Phi) is 7.88. The van der Waals surface area contributed by atoms with E-state index < -0.39 is 33.9 Å². The maximum Gasteiger partial charge on any atom is 0.309 e. The molecule has 11 heteroatoms. The SMILES string of the molecule is CC(=O)c1ccc(S(=O)(=O)N2CCC(C(=O)O[C@@H](C)C(=O)Nc3ccnn3C(C)C)CC2)cc1. The molecule has 1 aromatic heterocycles. The Morgan fingerprint density at radius 2 is 1.68 bits per heavy atom. The molecule has 0 bridgehead atoms. The van der Waals surface area contributed by atoms with E-state index in [1.54, 1.807) is 16.9 Å². The van der Waals surface area contributed by atoms with Gasteiger partial charge in [0.15, 0.2) is 11.9 Å². The number of aromatic nitrogens is 2. The maximum absolute atomic E-state index is 12.9. The van der Waals surface area contributed by atoms with Crippen LogP contribution in [0.5, 0.6) is 0 Å². The van der Waals surface area contributed by atoms with Gasteiger partial charge in [-0.25, -0.2) is 13.1 Å². The molecule has 34 heavy (non-hydrogen) atoms. The van der Waals surface area contributed by atoms with Gasteiger partial charge in [0.25, 0.3) is 5.91 Å². The van der Waals surface area contributed by atoms with Crippen molar-refractivity contribution >= 4 is 33.5 Å². The van der Waals surface area contributed by atoms with Crippen molar-refractivity contribution < 1.29 is 27.5 Å². The highest BCUT2D eigenvalue weighted by molar-refractivity contribution is 7.89. The van der Waals surface area contributed by atoms with Crippen LogP contribution in [0.15, 0.2) is 41.4 Å². The summed E-state index contributed by atoms with van der Waals surface area (Å²) in [7, 11) is -3.73. The zero-order chi connectivity index (χ0) is 25.0. The second-order valence-corrected chi connectivity index (χ2v) is 10.5. The van der Waals surface area contributed by atoms with Gasteiger partial charge in [0.1, 0.15) is 5.82 Å². The number of carbonyl (C=O) groups is 3. The fraction of sp³-hybridized carbons (Fsp3) is 0.478. The molecule has 1 aliphatic heterocycles. The average Bonchev–Trinajstić information content (AvgIpc) is 3.27. The molecule has 0 unspecified atom stereocenters. The number of rotatable bonds is 8. The number of hydrogen-bond donors (Lipinski definition) is 1. The average molecular weight is 491 g/mol. The Bertz CT molecular complexity index is 1150. The standard InChI is InChI=1S/C23H30N4O6S/c1-15(2)27-21(9-12-24-27)25-22(29)17(4)33-23(30)19-10-13-26(14-11-19)34(31,32)20-7-5-18(6-8-20)16(3)28/h5-9,12,15,17,19H,10-11,13-14H2,1-4H3,(H,25,29)/t17-/m0/s1. The van der Waals surface area contributed by atoms with Gasteiger partial charge < -0.3 is 10.1 Å². The van der Waals surface area contributed by atoms with Crippen LogP contribution in [0.4, 0.5) is 5.82 Å². The van der Waals surface area contributed by atoms with Crippen molar-refractivity contribution in [2.45, 2.75) is 57.6 Å². The quantitative estimate of drug-likeness (QED) is 0.445. The maximum atomic E-state index is 12.9. The van der Waals surface area contributed by atoms with Gasteiger partial charge in [0, 0.05) is 30.8 Å². The van der Waals surface area contributed by atoms with Crippen LogP contribution in [0.1, 0.15) is 56.9 Å². The van der Waals surface area contributed by atoms with Crippen molar-refractivity contribution in [3.05, 3.63) is 42.1 Å². The molecule has 1 amide bonds. The summed E-state index contributed by atoms with van der Waals surface area (Å²) >= 11 is 0. The number of amides is 1. The van der Waals surface area contributed by atoms with E-state index in [9.17, 15) is 22.8 Å². The molecule has 2 heterocycles. The lowest BCUT2D eigenvalue weighted by molar-refractivity contribution is -0.158. The first kappa shape index (κ1) is 25.6. The van der Waals surface area contributed by atoms with Crippen molar-refractivity contribution in [3.63, 3.8) is 0 Å². The molecule has 1 saturated heterocycles. The van der Waals surface area contributed by atoms with Gasteiger partial charge in [-0.05, 0) is 52.7 Å². The largest absolute Gasteiger partial charge is 0.452 e. The smallest absolute Gasteiger partial charge is 0.309 e. The minimum atomic E-state index is -3.73. The molecule has 1 fully saturated rings. The zero-order valence-electron chi connectivity index (χ0n) is 19.7. The molecule has 0 radical (unpaired) electrons. The number of ether oxygens (including phenoxy) is 1. The minimum absolute atomic E-state index is 0.0525. The Labute approximate surface area is 199 Å². The van der Waals surface area contributed by atoms with Crippen LogP contribution in [0.25, 0.3) is 0 Å². The lowest BCUT2D eigenvalue weighted by atomic mass is 9.98. The van der Waals surface area contributed by atoms with Crippen molar-refractivity contribution in [1.82, 2.24) is 14.1 Å². The normalized spacial score (nSPS) is 16.3. The molecule has 0 aliphatic carbocycles. The number of piperidine rings is 1. The number of nitrogens with one attached hydrogen (secondary N) is 1. The van der Waals surface area contributed by atoms with E-state index in [-0.39, 0.29) is 42.7 Å². The zero-order valence-corrected chi connectivity index (χ0v) is 20.5. The van der Waals surface area contributed by atoms with E-state index in [4.69, 9.17) is 4.74 Å². The molecule has 0 spiro atoms. The summed E-state index contributed by atoms with van der Waals surface area (Å²) in [5, 5.41) is 6.86. The van der Waals surface area contributed by atoms with Crippen molar-refractivity contribution in [1.29, 1.82) is 0 Å². The fourth-order valence-corrected chi connectivity index (χ4v) is 5.19. The number of hydrogen-bond acceptors (Lipinski definition) is 7. The summed E-state index contributed by atoms with van der Waals surface area (Å²) in [5.74, 6) is -1.12. The first-order valence-electron chi connectivity index (χ1n) is 11.2. The number of anilines is 1. The Morgan fingerprint density at radius 1 is 1.06 bits per heavy atom. The lowest BCUT2D eigenvalue weighted by Crippen LogP contribution is -2.41. The number of benzene rings is 1. The monoisotopic (exact) mass is 490 g/mol. The molecule has 0 saturated carbocycles. The molecule has 1 N–H and O–H groups in total. The highest BCUT2D eigenvalue weighted by atomic mass is 32.2. The van der Waals surface area contributed by atoms with Crippen LogP contribution < -0.4 is 5.32 Å². The number of sulfonamides is 1. The van der Waals surface area contributed by atoms with Crippen LogP contribution in [-0.2, 0) is 24.3 Å². The highest BCUT2D eigenvalue weighted by Crippen LogP contribution is 2.25. The van der Waals surface area contributed by atoms with E-state index in [1.807, 2.05) is 13.8 Å². The first-order valence-corrected chi connectivity index (χ1v) is 12.6. The third-order valence-electron chi connectivity index (χ3n) is 5.76. The predicted octanol–water partition coefficient (Wildman–Crippen LogP) is 2.64. The molecular formula is C23H30N4O6S. The minimum Gasteiger partial charge on any atom is -0.452 e. The van der Waals surface area contributed by atoms with Gasteiger partial charge in [-0.15, -0.1) is 0 Å². The Balaban J connectivity index is 1.54. The Hall–Kier alpha value is -3.05. The van der Waals surface area contributed by atoms with Crippen LogP contribution in [-0.4, -0.2) is 59.4 Å². The molecule has 184 valence electrons. The van der Waals surface area contributed by atoms with Gasteiger partial charge in [-0.2, -0.15) is 9.40 Å². The van der Waals surface area contributed by atoms with Crippen LogP contribution in [0.2, 0.25) is 0 Å². The second-order valence-electron chi connectivity index (χ2n) is 8.58. The molecule has 10 nitrogen and oxygen atoms in total. The topological polar surface area (TPSA) is 128 Å². The van der Waals surface area contributed by atoms with E-state index in [2.05, 4.69) is 10.4 Å². The van der Waals surface area contributed by atoms with Crippen molar-refractivity contribution in [2.24, 2.45) is 5.92 Å². The third kappa shape index (κ3) is 5.71. The van der Waals surface area contributed by atoms with Crippen molar-refractivity contribution in [3.8, 4) is 0 Å². The summed E-state index contributed by atoms with van der Waals surface area (Å²) in [6, 6.07) is 7.52. The van der Waals surface area contributed by atoms with Crippen molar-refractivity contribution in [2.75, 3.05) is 18.4 Å². The van der Waals surface area contributed by atoms with E-state index in [0.29, 0.717) is 11.4 Å². The van der Waals surface area contributed by atoms with Crippen LogP contribution in [0.3, 0.4) is 0 Å². The lowest BCUT2D eigenvalue weighted by Gasteiger charge is -2.30. The van der Waals surface area contributed by atoms with Crippen LogP contribution >= 0.6 is 0 Å². The summed E-state index contributed by atoms with van der Waals surface area (Å²) < 4.78 is 34.1.